The first-order valence-electron chi connectivity index (χ1n) is 5.67. The lowest BCUT2D eigenvalue weighted by Gasteiger charge is -2.14. The lowest BCUT2D eigenvalue weighted by Crippen LogP contribution is -2.46. The summed E-state index contributed by atoms with van der Waals surface area (Å²) in [5.41, 5.74) is 4.95. The molecule has 1 aromatic rings. The third-order valence-electron chi connectivity index (χ3n) is 2.33. The van der Waals surface area contributed by atoms with Gasteiger partial charge in [-0.15, -0.1) is 11.3 Å². The van der Waals surface area contributed by atoms with E-state index in [-0.39, 0.29) is 12.8 Å². The summed E-state index contributed by atoms with van der Waals surface area (Å²) in [6, 6.07) is 0.108. The van der Waals surface area contributed by atoms with Crippen LogP contribution in [0, 0.1) is 0 Å². The van der Waals surface area contributed by atoms with Gasteiger partial charge in [0, 0.05) is 21.2 Å². The Labute approximate surface area is 127 Å². The molecular weight excluding hydrogens is 350 g/mol. The van der Waals surface area contributed by atoms with Crippen molar-refractivity contribution >= 4 is 45.2 Å². The first-order valence-corrected chi connectivity index (χ1v) is 7.34. The number of thiophene rings is 1. The van der Waals surface area contributed by atoms with E-state index in [1.54, 1.807) is 0 Å². The standard InChI is InChI=1S/C11H14BrN3O4S/c12-6-3-7(20-5-6)4-14-11(19)15-8(10(17)18)1-2-9(13)16/h3,5,8H,1-2,4H2,(H2,13,16)(H,17,18)(H2,14,15,19)/t8-/m0/s1. The van der Waals surface area contributed by atoms with Crippen LogP contribution in [0.25, 0.3) is 0 Å². The molecule has 1 heterocycles. The first kappa shape index (κ1) is 16.4. The largest absolute Gasteiger partial charge is 0.480 e. The average Bonchev–Trinajstić information content (AvgIpc) is 2.77. The van der Waals surface area contributed by atoms with E-state index >= 15 is 0 Å². The van der Waals surface area contributed by atoms with Crippen molar-refractivity contribution in [3.8, 4) is 0 Å². The molecule has 7 nitrogen and oxygen atoms in total. The van der Waals surface area contributed by atoms with Gasteiger partial charge in [0.1, 0.15) is 6.04 Å². The fourth-order valence-electron chi connectivity index (χ4n) is 1.37. The van der Waals surface area contributed by atoms with E-state index in [0.717, 1.165) is 9.35 Å². The molecule has 5 N–H and O–H groups in total. The Balaban J connectivity index is 2.41. The maximum absolute atomic E-state index is 11.6. The molecule has 1 atom stereocenters. The Morgan fingerprint density at radius 3 is 2.65 bits per heavy atom. The number of nitrogens with two attached hydrogens (primary N) is 1. The van der Waals surface area contributed by atoms with Crippen LogP contribution in [0.2, 0.25) is 0 Å². The highest BCUT2D eigenvalue weighted by Crippen LogP contribution is 2.19. The van der Waals surface area contributed by atoms with Crippen LogP contribution in [0.15, 0.2) is 15.9 Å². The molecule has 9 heteroatoms. The number of hydrogen-bond donors (Lipinski definition) is 4. The summed E-state index contributed by atoms with van der Waals surface area (Å²) in [7, 11) is 0. The number of rotatable bonds is 7. The van der Waals surface area contributed by atoms with E-state index in [1.807, 2.05) is 11.4 Å². The number of amides is 3. The van der Waals surface area contributed by atoms with Crippen LogP contribution in [0.1, 0.15) is 17.7 Å². The fourth-order valence-corrected chi connectivity index (χ4v) is 2.76. The first-order chi connectivity index (χ1) is 9.38. The van der Waals surface area contributed by atoms with Gasteiger partial charge in [0.15, 0.2) is 0 Å². The summed E-state index contributed by atoms with van der Waals surface area (Å²) in [6.07, 6.45) is -0.141. The number of aliphatic carboxylic acids is 1. The van der Waals surface area contributed by atoms with E-state index in [2.05, 4.69) is 26.6 Å². The maximum Gasteiger partial charge on any atom is 0.326 e. The van der Waals surface area contributed by atoms with Gasteiger partial charge in [-0.25, -0.2) is 9.59 Å². The molecule has 110 valence electrons. The molecule has 0 spiro atoms. The molecule has 0 aliphatic heterocycles. The Kier molecular flexibility index (Phi) is 6.46. The number of nitrogens with one attached hydrogen (secondary N) is 2. The second-order valence-corrected chi connectivity index (χ2v) is 5.87. The molecule has 1 rings (SSSR count). The topological polar surface area (TPSA) is 122 Å². The van der Waals surface area contributed by atoms with E-state index in [1.165, 1.54) is 11.3 Å². The zero-order valence-electron chi connectivity index (χ0n) is 10.4. The number of halogens is 1. The van der Waals surface area contributed by atoms with Gasteiger partial charge in [-0.1, -0.05) is 0 Å². The van der Waals surface area contributed by atoms with Crippen LogP contribution in [0.5, 0.6) is 0 Å². The number of carbonyl (C=O) groups is 3. The van der Waals surface area contributed by atoms with Crippen molar-refractivity contribution in [1.29, 1.82) is 0 Å². The summed E-state index contributed by atoms with van der Waals surface area (Å²) < 4.78 is 0.921. The number of carboxylic acids is 1. The van der Waals surface area contributed by atoms with Crippen molar-refractivity contribution < 1.29 is 19.5 Å². The molecule has 0 radical (unpaired) electrons. The van der Waals surface area contributed by atoms with Crippen LogP contribution < -0.4 is 16.4 Å². The second-order valence-electron chi connectivity index (χ2n) is 3.95. The summed E-state index contributed by atoms with van der Waals surface area (Å²) >= 11 is 4.76. The van der Waals surface area contributed by atoms with Crippen molar-refractivity contribution in [2.24, 2.45) is 5.73 Å². The zero-order valence-corrected chi connectivity index (χ0v) is 12.8. The predicted molar refractivity (Wildman–Crippen MR) is 77.2 cm³/mol. The van der Waals surface area contributed by atoms with Gasteiger partial charge in [0.25, 0.3) is 0 Å². The molecule has 3 amide bonds. The third kappa shape index (κ3) is 6.02. The van der Waals surface area contributed by atoms with Gasteiger partial charge in [0.05, 0.1) is 6.54 Å². The molecule has 0 aliphatic carbocycles. The van der Waals surface area contributed by atoms with E-state index in [9.17, 15) is 14.4 Å². The van der Waals surface area contributed by atoms with Gasteiger partial charge in [-0.2, -0.15) is 0 Å². The Morgan fingerprint density at radius 2 is 2.15 bits per heavy atom. The predicted octanol–water partition coefficient (Wildman–Crippen LogP) is 1.03. The normalized spacial score (nSPS) is 11.7. The molecule has 0 bridgehead atoms. The molecule has 0 unspecified atom stereocenters. The zero-order chi connectivity index (χ0) is 15.1. The molecular formula is C11H14BrN3O4S. The van der Waals surface area contributed by atoms with Crippen molar-refractivity contribution in [3.63, 3.8) is 0 Å². The molecule has 0 saturated carbocycles. The van der Waals surface area contributed by atoms with E-state index in [0.29, 0.717) is 6.54 Å². The molecule has 0 fully saturated rings. The Morgan fingerprint density at radius 1 is 1.45 bits per heavy atom. The van der Waals surface area contributed by atoms with Gasteiger partial charge in [0.2, 0.25) is 5.91 Å². The van der Waals surface area contributed by atoms with Crippen LogP contribution in [0.4, 0.5) is 4.79 Å². The number of carboxylic acid groups (broad SMARTS) is 1. The Hall–Kier alpha value is -1.61. The minimum atomic E-state index is -1.21. The number of carbonyl (C=O) groups excluding carboxylic acids is 2. The fraction of sp³-hybridized carbons (Fsp3) is 0.364. The van der Waals surface area contributed by atoms with Gasteiger partial charge < -0.3 is 21.5 Å². The van der Waals surface area contributed by atoms with Gasteiger partial charge in [-0.05, 0) is 28.4 Å². The second kappa shape index (κ2) is 7.85. The molecule has 0 aromatic carbocycles. The van der Waals surface area contributed by atoms with E-state index < -0.39 is 23.9 Å². The summed E-state index contributed by atoms with van der Waals surface area (Å²) in [5, 5.41) is 15.6. The van der Waals surface area contributed by atoms with Crippen molar-refractivity contribution in [3.05, 3.63) is 20.8 Å². The van der Waals surface area contributed by atoms with Crippen molar-refractivity contribution in [2.75, 3.05) is 0 Å². The van der Waals surface area contributed by atoms with Gasteiger partial charge in [-0.3, -0.25) is 4.79 Å². The van der Waals surface area contributed by atoms with Crippen LogP contribution in [-0.2, 0) is 16.1 Å². The monoisotopic (exact) mass is 363 g/mol. The number of hydrogen-bond acceptors (Lipinski definition) is 4. The molecule has 20 heavy (non-hydrogen) atoms. The van der Waals surface area contributed by atoms with Crippen molar-refractivity contribution in [2.45, 2.75) is 25.4 Å². The van der Waals surface area contributed by atoms with Gasteiger partial charge >= 0.3 is 12.0 Å². The highest BCUT2D eigenvalue weighted by molar-refractivity contribution is 9.10. The highest BCUT2D eigenvalue weighted by Gasteiger charge is 2.20. The number of primary amides is 1. The minimum Gasteiger partial charge on any atom is -0.480 e. The minimum absolute atomic E-state index is 0.0391. The third-order valence-corrected chi connectivity index (χ3v) is 4.03. The maximum atomic E-state index is 11.6. The Bertz CT molecular complexity index is 506. The SMILES string of the molecule is NC(=O)CC[C@H](NC(=O)NCc1cc(Br)cs1)C(=O)O. The number of urea groups is 1. The summed E-state index contributed by atoms with van der Waals surface area (Å²) in [4.78, 5) is 34.1. The lowest BCUT2D eigenvalue weighted by molar-refractivity contribution is -0.139. The molecule has 0 aliphatic rings. The smallest absolute Gasteiger partial charge is 0.326 e. The van der Waals surface area contributed by atoms with Crippen LogP contribution >= 0.6 is 27.3 Å². The lowest BCUT2D eigenvalue weighted by atomic mass is 10.1. The van der Waals surface area contributed by atoms with E-state index in [4.69, 9.17) is 10.8 Å². The molecule has 0 saturated heterocycles. The van der Waals surface area contributed by atoms with Crippen LogP contribution in [0.3, 0.4) is 0 Å². The molecule has 1 aromatic heterocycles. The van der Waals surface area contributed by atoms with Crippen LogP contribution in [-0.4, -0.2) is 29.1 Å². The summed E-state index contributed by atoms with van der Waals surface area (Å²) in [5.74, 6) is -1.82. The van der Waals surface area contributed by atoms with Crippen molar-refractivity contribution in [1.82, 2.24) is 10.6 Å². The average molecular weight is 364 g/mol. The quantitative estimate of drug-likeness (QED) is 0.577. The highest BCUT2D eigenvalue weighted by atomic mass is 79.9. The summed E-state index contributed by atoms with van der Waals surface area (Å²) in [6.45, 7) is 0.296.